The maximum Gasteiger partial charge on any atom is 0.573 e. The number of ether oxygens (including phenoxy) is 3. The quantitative estimate of drug-likeness (QED) is 0.207. The summed E-state index contributed by atoms with van der Waals surface area (Å²) in [5, 5.41) is 2.77. The number of nitrogens with zero attached hydrogens (tertiary/aromatic N) is 4. The molecule has 2 unspecified atom stereocenters. The Hall–Kier alpha value is -3.39. The molecule has 2 heterocycles. The summed E-state index contributed by atoms with van der Waals surface area (Å²) >= 11 is 0. The van der Waals surface area contributed by atoms with E-state index < -0.39 is 25.8 Å². The second kappa shape index (κ2) is 14.8. The third-order valence-electron chi connectivity index (χ3n) is 5.10. The van der Waals surface area contributed by atoms with Crippen molar-refractivity contribution in [2.24, 2.45) is 5.73 Å². The van der Waals surface area contributed by atoms with Gasteiger partial charge in [-0.2, -0.15) is 0 Å². The number of nitrogen functional groups attached to an aromatic ring is 1. The number of imidazole rings is 1. The van der Waals surface area contributed by atoms with Gasteiger partial charge in [0.2, 0.25) is 0 Å². The predicted octanol–water partition coefficient (Wildman–Crippen LogP) is 3.88. The largest absolute Gasteiger partial charge is 0.573 e. The van der Waals surface area contributed by atoms with Gasteiger partial charge in [0.1, 0.15) is 17.6 Å². The summed E-state index contributed by atoms with van der Waals surface area (Å²) in [6, 6.07) is 5.44. The zero-order valence-corrected chi connectivity index (χ0v) is 23.5. The maximum absolute atomic E-state index is 12.2. The van der Waals surface area contributed by atoms with Crippen LogP contribution in [-0.2, 0) is 31.9 Å². The van der Waals surface area contributed by atoms with Crippen LogP contribution in [0.1, 0.15) is 39.7 Å². The number of benzene rings is 1. The predicted molar refractivity (Wildman–Crippen MR) is 142 cm³/mol. The molecule has 3 rings (SSSR count). The van der Waals surface area contributed by atoms with Gasteiger partial charge in [-0.3, -0.25) is 0 Å². The van der Waals surface area contributed by atoms with Crippen molar-refractivity contribution in [3.05, 3.63) is 42.5 Å². The van der Waals surface area contributed by atoms with Gasteiger partial charge >= 0.3 is 20.3 Å². The Morgan fingerprint density at radius 2 is 1.85 bits per heavy atom. The number of hydrogen-bond donors (Lipinski definition) is 3. The number of esters is 1. The molecule has 0 fully saturated rings. The number of fused-ring (bicyclic) bond motifs is 1. The lowest BCUT2D eigenvalue weighted by atomic mass is 10.1. The first kappa shape index (κ1) is 32.8. The average Bonchev–Trinajstić information content (AvgIpc) is 3.29. The van der Waals surface area contributed by atoms with Crippen LogP contribution in [0.2, 0.25) is 0 Å². The Labute approximate surface area is 230 Å². The highest BCUT2D eigenvalue weighted by molar-refractivity contribution is 7.42. The van der Waals surface area contributed by atoms with Gasteiger partial charge < -0.3 is 30.2 Å². The lowest BCUT2D eigenvalue weighted by Crippen LogP contribution is -2.44. The molecule has 3 aromatic rings. The number of halogens is 3. The van der Waals surface area contributed by atoms with Gasteiger partial charge in [-0.1, -0.05) is 24.1 Å². The molecule has 0 saturated heterocycles. The van der Waals surface area contributed by atoms with Crippen LogP contribution in [0.4, 0.5) is 19.0 Å². The third kappa shape index (κ3) is 10.6. The van der Waals surface area contributed by atoms with Crippen molar-refractivity contribution >= 4 is 30.9 Å². The zero-order valence-electron chi connectivity index (χ0n) is 22.6. The summed E-state index contributed by atoms with van der Waals surface area (Å²) in [6.45, 7) is 8.10. The van der Waals surface area contributed by atoms with Gasteiger partial charge in [0, 0.05) is 6.54 Å². The van der Waals surface area contributed by atoms with Crippen LogP contribution >= 0.6 is 7.95 Å². The molecule has 1 aromatic carbocycles. The van der Waals surface area contributed by atoms with E-state index in [-0.39, 0.29) is 18.2 Å². The van der Waals surface area contributed by atoms with Gasteiger partial charge in [0.05, 0.1) is 25.6 Å². The van der Waals surface area contributed by atoms with Crippen LogP contribution in [0, 0.1) is 0 Å². The SMILES string of the molecule is CCCOC(=O)C(C)(C)N[P+](=O)COC(C)Cn1cnc2c(N)ncnc21.NCc1ccc(OC(F)(F)F)cc1. The van der Waals surface area contributed by atoms with Gasteiger partial charge in [0.15, 0.2) is 17.0 Å². The molecule has 0 aliphatic rings. The summed E-state index contributed by atoms with van der Waals surface area (Å²) in [7, 11) is -1.95. The number of aromatic nitrogens is 4. The number of carbonyl (C=O) groups excluding carboxylic acids is 1. The topological polar surface area (TPSA) is 170 Å². The molecule has 5 N–H and O–H groups in total. The summed E-state index contributed by atoms with van der Waals surface area (Å²) in [5.41, 5.74) is 11.9. The van der Waals surface area contributed by atoms with E-state index in [1.807, 2.05) is 13.8 Å². The lowest BCUT2D eigenvalue weighted by molar-refractivity contribution is -0.274. The molecule has 220 valence electrons. The van der Waals surface area contributed by atoms with Crippen LogP contribution in [0.25, 0.3) is 11.2 Å². The fourth-order valence-corrected chi connectivity index (χ4v) is 4.32. The van der Waals surface area contributed by atoms with E-state index in [4.69, 9.17) is 20.9 Å². The Morgan fingerprint density at radius 3 is 2.45 bits per heavy atom. The smallest absolute Gasteiger partial charge is 0.464 e. The second-order valence-corrected chi connectivity index (χ2v) is 10.3. The van der Waals surface area contributed by atoms with E-state index in [0.29, 0.717) is 36.7 Å². The van der Waals surface area contributed by atoms with Crippen molar-refractivity contribution in [2.75, 3.05) is 18.7 Å². The molecule has 0 bridgehead atoms. The second-order valence-electron chi connectivity index (χ2n) is 9.08. The Morgan fingerprint density at radius 1 is 1.18 bits per heavy atom. The number of anilines is 1. The third-order valence-corrected chi connectivity index (χ3v) is 6.30. The van der Waals surface area contributed by atoms with E-state index >= 15 is 0 Å². The van der Waals surface area contributed by atoms with Crippen molar-refractivity contribution < 1.29 is 36.7 Å². The molecule has 0 aliphatic heterocycles. The van der Waals surface area contributed by atoms with E-state index in [1.54, 1.807) is 24.7 Å². The Balaban J connectivity index is 0.000000360. The number of rotatable bonds is 12. The van der Waals surface area contributed by atoms with Crippen LogP contribution in [-0.4, -0.2) is 56.4 Å². The number of nitrogens with one attached hydrogen (secondary N) is 1. The van der Waals surface area contributed by atoms with Crippen molar-refractivity contribution in [3.63, 3.8) is 0 Å². The van der Waals surface area contributed by atoms with Gasteiger partial charge in [-0.25, -0.2) is 19.7 Å². The highest BCUT2D eigenvalue weighted by Gasteiger charge is 2.37. The molecule has 40 heavy (non-hydrogen) atoms. The van der Waals surface area contributed by atoms with Gasteiger partial charge in [-0.05, 0) is 49.5 Å². The van der Waals surface area contributed by atoms with Crippen LogP contribution < -0.4 is 21.3 Å². The Kier molecular flexibility index (Phi) is 12.2. The van der Waals surface area contributed by atoms with E-state index in [0.717, 1.165) is 12.0 Å². The highest BCUT2D eigenvalue weighted by Crippen LogP contribution is 2.24. The summed E-state index contributed by atoms with van der Waals surface area (Å²) < 4.78 is 63.5. The standard InChI is InChI=1S/C16H26N6O4P.C8H8F3NO/c1-5-6-25-15(23)16(3,4)21-27(24)10-26-11(2)7-22-9-20-12-13(17)18-8-19-14(12)22;9-8(10,11)13-7-3-1-6(5-12)2-4-7/h8-9,11H,5-7,10H2,1-4H3,(H,21,24)(H2,17,18,19);1-4H,5,12H2/q+1;. The molecule has 2 aromatic heterocycles. The van der Waals surface area contributed by atoms with Crippen LogP contribution in [0.15, 0.2) is 36.9 Å². The molecule has 0 amide bonds. The first-order valence-electron chi connectivity index (χ1n) is 12.2. The summed E-state index contributed by atoms with van der Waals surface area (Å²) in [4.78, 5) is 24.2. The first-order valence-corrected chi connectivity index (χ1v) is 13.7. The van der Waals surface area contributed by atoms with Gasteiger partial charge in [0.25, 0.3) is 6.35 Å². The lowest BCUT2D eigenvalue weighted by Gasteiger charge is -2.18. The van der Waals surface area contributed by atoms with Crippen molar-refractivity contribution in [2.45, 2.75) is 65.2 Å². The van der Waals surface area contributed by atoms with E-state index in [1.165, 1.54) is 30.6 Å². The van der Waals surface area contributed by atoms with E-state index in [2.05, 4.69) is 24.8 Å². The number of alkyl halides is 3. The van der Waals surface area contributed by atoms with Crippen LogP contribution in [0.5, 0.6) is 5.75 Å². The minimum absolute atomic E-state index is 0.0370. The van der Waals surface area contributed by atoms with E-state index in [9.17, 15) is 22.5 Å². The molecule has 12 nitrogen and oxygen atoms in total. The fraction of sp³-hybridized carbons (Fsp3) is 0.500. The zero-order chi connectivity index (χ0) is 29.9. The molecule has 0 aliphatic carbocycles. The van der Waals surface area contributed by atoms with Crippen LogP contribution in [0.3, 0.4) is 0 Å². The highest BCUT2D eigenvalue weighted by atomic mass is 31.1. The minimum Gasteiger partial charge on any atom is -0.464 e. The maximum atomic E-state index is 12.2. The normalized spacial score (nSPS) is 12.8. The molecule has 0 spiro atoms. The first-order chi connectivity index (χ1) is 18.8. The molecule has 0 radical (unpaired) electrons. The minimum atomic E-state index is -4.63. The average molecular weight is 589 g/mol. The number of nitrogens with two attached hydrogens (primary N) is 2. The molecular formula is C24H34F3N7O5P+. The molecular weight excluding hydrogens is 554 g/mol. The summed E-state index contributed by atoms with van der Waals surface area (Å²) in [5.74, 6) is -0.357. The molecule has 2 atom stereocenters. The van der Waals surface area contributed by atoms with Gasteiger partial charge in [-0.15, -0.1) is 13.2 Å². The van der Waals surface area contributed by atoms with Crippen molar-refractivity contribution in [3.8, 4) is 5.75 Å². The van der Waals surface area contributed by atoms with Crippen molar-refractivity contribution in [1.82, 2.24) is 24.6 Å². The number of hydrogen-bond acceptors (Lipinski definition) is 10. The monoisotopic (exact) mass is 588 g/mol. The molecule has 16 heteroatoms. The molecule has 0 saturated carbocycles. The summed E-state index contributed by atoms with van der Waals surface area (Å²) in [6.07, 6.45) is -1.21. The number of carbonyl (C=O) groups is 1. The Bertz CT molecular complexity index is 1260. The fourth-order valence-electron chi connectivity index (χ4n) is 3.15. The van der Waals surface area contributed by atoms with Crippen molar-refractivity contribution in [1.29, 1.82) is 0 Å².